The number of imide groups is 1. The maximum absolute atomic E-state index is 12.2. The molecule has 0 radical (unpaired) electrons. The number of urea groups is 1. The third-order valence-corrected chi connectivity index (χ3v) is 4.34. The van der Waals surface area contributed by atoms with E-state index in [1.54, 1.807) is 56.4 Å². The lowest BCUT2D eigenvalue weighted by molar-refractivity contribution is -0.127. The second kappa shape index (κ2) is 9.51. The van der Waals surface area contributed by atoms with Crippen molar-refractivity contribution < 1.29 is 23.9 Å². The van der Waals surface area contributed by atoms with Crippen molar-refractivity contribution in [3.05, 3.63) is 45.9 Å². The lowest BCUT2D eigenvalue weighted by atomic mass is 10.1. The van der Waals surface area contributed by atoms with E-state index in [1.165, 1.54) is 6.92 Å². The summed E-state index contributed by atoms with van der Waals surface area (Å²) in [6.45, 7) is 9.00. The fraction of sp³-hybridized carbons (Fsp3) is 0.400. The summed E-state index contributed by atoms with van der Waals surface area (Å²) in [6, 6.07) is 5.71. The molecule has 0 aliphatic rings. The van der Waals surface area contributed by atoms with Gasteiger partial charge < -0.3 is 14.8 Å². The molecule has 0 aliphatic carbocycles. The Morgan fingerprint density at radius 1 is 1.17 bits per heavy atom. The number of amides is 3. The molecule has 0 spiro atoms. The topological polar surface area (TPSA) is 107 Å². The summed E-state index contributed by atoms with van der Waals surface area (Å²) in [5.74, 6) is -0.805. The van der Waals surface area contributed by atoms with E-state index in [4.69, 9.17) is 9.47 Å². The second-order valence-electron chi connectivity index (χ2n) is 7.41. The Morgan fingerprint density at radius 2 is 1.83 bits per heavy atom. The van der Waals surface area contributed by atoms with E-state index in [2.05, 4.69) is 15.6 Å². The summed E-state index contributed by atoms with van der Waals surface area (Å²) >= 11 is 1.55. The Labute approximate surface area is 173 Å². The molecule has 1 aromatic carbocycles. The molecule has 3 amide bonds. The van der Waals surface area contributed by atoms with E-state index in [0.29, 0.717) is 12.4 Å². The van der Waals surface area contributed by atoms with Gasteiger partial charge in [-0.15, -0.1) is 11.3 Å². The van der Waals surface area contributed by atoms with Gasteiger partial charge >= 0.3 is 12.0 Å². The fourth-order valence-corrected chi connectivity index (χ4v) is 2.78. The Hall–Kier alpha value is -2.94. The largest absolute Gasteiger partial charge is 0.487 e. The van der Waals surface area contributed by atoms with Gasteiger partial charge in [0.1, 0.15) is 12.4 Å². The van der Waals surface area contributed by atoms with Crippen molar-refractivity contribution in [1.82, 2.24) is 15.6 Å². The van der Waals surface area contributed by atoms with Gasteiger partial charge in [-0.3, -0.25) is 10.1 Å². The van der Waals surface area contributed by atoms with Crippen LogP contribution >= 0.6 is 11.3 Å². The van der Waals surface area contributed by atoms with Crippen molar-refractivity contribution in [3.8, 4) is 5.75 Å². The van der Waals surface area contributed by atoms with Gasteiger partial charge in [-0.05, 0) is 58.9 Å². The highest BCUT2D eigenvalue weighted by atomic mass is 32.1. The molecule has 2 N–H and O–H groups in total. The Kier molecular flexibility index (Phi) is 7.33. The van der Waals surface area contributed by atoms with Crippen molar-refractivity contribution in [2.75, 3.05) is 0 Å². The molecule has 29 heavy (non-hydrogen) atoms. The van der Waals surface area contributed by atoms with E-state index >= 15 is 0 Å². The molecule has 0 fully saturated rings. The lowest BCUT2D eigenvalue weighted by Crippen LogP contribution is -2.50. The third-order valence-electron chi connectivity index (χ3n) is 3.52. The minimum Gasteiger partial charge on any atom is -0.487 e. The maximum Gasteiger partial charge on any atom is 0.338 e. The zero-order valence-electron chi connectivity index (χ0n) is 17.1. The van der Waals surface area contributed by atoms with Crippen LogP contribution in [0.15, 0.2) is 29.6 Å². The van der Waals surface area contributed by atoms with Gasteiger partial charge in [-0.2, -0.15) is 0 Å². The first-order valence-corrected chi connectivity index (χ1v) is 9.89. The summed E-state index contributed by atoms with van der Waals surface area (Å²) in [5, 5.41) is 7.63. The van der Waals surface area contributed by atoms with Crippen LogP contribution in [-0.2, 0) is 16.1 Å². The van der Waals surface area contributed by atoms with Crippen LogP contribution < -0.4 is 15.4 Å². The number of thiazole rings is 1. The highest BCUT2D eigenvalue weighted by molar-refractivity contribution is 7.09. The Morgan fingerprint density at radius 3 is 2.38 bits per heavy atom. The van der Waals surface area contributed by atoms with E-state index in [0.717, 1.165) is 10.7 Å². The van der Waals surface area contributed by atoms with Crippen LogP contribution in [0.1, 0.15) is 48.8 Å². The van der Waals surface area contributed by atoms with Crippen LogP contribution in [0.25, 0.3) is 0 Å². The monoisotopic (exact) mass is 419 g/mol. The van der Waals surface area contributed by atoms with Crippen LogP contribution in [0.2, 0.25) is 0 Å². The molecule has 9 heteroatoms. The lowest BCUT2D eigenvalue weighted by Gasteiger charge is -2.21. The van der Waals surface area contributed by atoms with Crippen LogP contribution in [0.3, 0.4) is 0 Å². The summed E-state index contributed by atoms with van der Waals surface area (Å²) < 4.78 is 10.7. The van der Waals surface area contributed by atoms with E-state index < -0.39 is 29.6 Å². The summed E-state index contributed by atoms with van der Waals surface area (Å²) in [7, 11) is 0. The smallest absolute Gasteiger partial charge is 0.338 e. The van der Waals surface area contributed by atoms with Crippen LogP contribution in [0, 0.1) is 6.92 Å². The molecular weight excluding hydrogens is 394 g/mol. The van der Waals surface area contributed by atoms with Crippen molar-refractivity contribution in [2.45, 2.75) is 52.9 Å². The number of nitrogens with one attached hydrogen (secondary N) is 2. The zero-order chi connectivity index (χ0) is 21.6. The van der Waals surface area contributed by atoms with E-state index in [1.807, 2.05) is 12.3 Å². The molecule has 1 aromatic heterocycles. The van der Waals surface area contributed by atoms with E-state index in [-0.39, 0.29) is 5.56 Å². The predicted molar refractivity (Wildman–Crippen MR) is 109 cm³/mol. The number of rotatable bonds is 6. The highest BCUT2D eigenvalue weighted by Crippen LogP contribution is 2.16. The molecule has 156 valence electrons. The Bertz CT molecular complexity index is 871. The first-order valence-electron chi connectivity index (χ1n) is 9.01. The molecular formula is C20H25N3O5S. The van der Waals surface area contributed by atoms with Crippen LogP contribution in [0.5, 0.6) is 5.75 Å². The van der Waals surface area contributed by atoms with Gasteiger partial charge in [0.2, 0.25) is 0 Å². The molecule has 0 bridgehead atoms. The zero-order valence-corrected chi connectivity index (χ0v) is 17.9. The fourth-order valence-electron chi connectivity index (χ4n) is 2.19. The highest BCUT2D eigenvalue weighted by Gasteiger charge is 2.22. The quantitative estimate of drug-likeness (QED) is 0.697. The molecule has 1 heterocycles. The van der Waals surface area contributed by atoms with Gasteiger partial charge in [-0.1, -0.05) is 0 Å². The molecule has 0 saturated heterocycles. The van der Waals surface area contributed by atoms with Crippen molar-refractivity contribution in [3.63, 3.8) is 0 Å². The number of carbonyl (C=O) groups is 3. The number of hydrogen-bond donors (Lipinski definition) is 2. The van der Waals surface area contributed by atoms with E-state index in [9.17, 15) is 14.4 Å². The number of aromatic nitrogens is 1. The third kappa shape index (κ3) is 7.53. The van der Waals surface area contributed by atoms with Gasteiger partial charge in [-0.25, -0.2) is 14.6 Å². The SMILES string of the molecule is Cc1nc(COc2ccc(C(=O)O[C@H](C)C(=O)NC(=O)NC(C)(C)C)cc2)cs1. The first kappa shape index (κ1) is 22.4. The standard InChI is InChI=1S/C20H25N3O5S/c1-12(17(24)22-19(26)23-20(3,4)5)28-18(25)14-6-8-16(9-7-14)27-10-15-11-29-13(2)21-15/h6-9,11-12H,10H2,1-5H3,(H2,22,23,24,26)/t12-/m1/s1. The van der Waals surface area contributed by atoms with Crippen molar-refractivity contribution in [1.29, 1.82) is 0 Å². The summed E-state index contributed by atoms with van der Waals surface area (Å²) in [6.07, 6.45) is -1.13. The van der Waals surface area contributed by atoms with Crippen LogP contribution in [-0.4, -0.2) is 34.5 Å². The average molecular weight is 420 g/mol. The molecule has 1 atom stereocenters. The predicted octanol–water partition coefficient (Wildman–Crippen LogP) is 3.20. The second-order valence-corrected chi connectivity index (χ2v) is 8.47. The molecule has 8 nitrogen and oxygen atoms in total. The number of nitrogens with zero attached hydrogens (tertiary/aromatic N) is 1. The number of carbonyl (C=O) groups excluding carboxylic acids is 3. The van der Waals surface area contributed by atoms with Gasteiger partial charge in [0.25, 0.3) is 5.91 Å². The minimum absolute atomic E-state index is 0.264. The molecule has 0 aliphatic heterocycles. The average Bonchev–Trinajstić information content (AvgIpc) is 3.04. The number of hydrogen-bond acceptors (Lipinski definition) is 7. The van der Waals surface area contributed by atoms with Crippen molar-refractivity contribution in [2.24, 2.45) is 0 Å². The number of benzene rings is 1. The van der Waals surface area contributed by atoms with Crippen LogP contribution in [0.4, 0.5) is 4.79 Å². The van der Waals surface area contributed by atoms with Crippen molar-refractivity contribution >= 4 is 29.2 Å². The summed E-state index contributed by atoms with van der Waals surface area (Å²) in [5.41, 5.74) is 0.610. The first-order chi connectivity index (χ1) is 13.5. The van der Waals surface area contributed by atoms with Gasteiger partial charge in [0, 0.05) is 10.9 Å². The van der Waals surface area contributed by atoms with Gasteiger partial charge in [0.15, 0.2) is 6.10 Å². The normalized spacial score (nSPS) is 12.0. The molecule has 2 rings (SSSR count). The molecule has 2 aromatic rings. The molecule has 0 unspecified atom stereocenters. The summed E-state index contributed by atoms with van der Waals surface area (Å²) in [4.78, 5) is 40.3. The minimum atomic E-state index is -1.13. The number of aryl methyl sites for hydroxylation is 1. The molecule has 0 saturated carbocycles. The maximum atomic E-state index is 12.2. The Balaban J connectivity index is 1.84. The van der Waals surface area contributed by atoms with Gasteiger partial charge in [0.05, 0.1) is 16.3 Å². The number of esters is 1. The number of ether oxygens (including phenoxy) is 2.